The Bertz CT molecular complexity index is 995. The van der Waals surface area contributed by atoms with Crippen LogP contribution in [-0.4, -0.2) is 11.6 Å². The molecule has 4 aliphatic rings. The molecule has 2 bridgehead atoms. The summed E-state index contributed by atoms with van der Waals surface area (Å²) in [5.74, 6) is 0.107. The van der Waals surface area contributed by atoms with Gasteiger partial charge in [-0.05, 0) is 85.4 Å². The summed E-state index contributed by atoms with van der Waals surface area (Å²) in [7, 11) is 0. The second-order valence-corrected chi connectivity index (χ2v) is 9.77. The average molecular weight is 471 g/mol. The lowest BCUT2D eigenvalue weighted by Gasteiger charge is -2.43. The number of hydrogen-bond acceptors (Lipinski definition) is 3. The topological polar surface area (TPSA) is 43.4 Å². The van der Waals surface area contributed by atoms with Crippen molar-refractivity contribution in [2.45, 2.75) is 44.9 Å². The third-order valence-electron chi connectivity index (χ3n) is 7.38. The fourth-order valence-corrected chi connectivity index (χ4v) is 6.35. The molecule has 6 rings (SSSR count). The number of carbonyl (C=O) groups is 2. The van der Waals surface area contributed by atoms with Crippen molar-refractivity contribution >= 4 is 27.5 Å². The Labute approximate surface area is 184 Å². The van der Waals surface area contributed by atoms with Crippen LogP contribution in [0, 0.1) is 29.5 Å². The van der Waals surface area contributed by atoms with Crippen LogP contribution < -0.4 is 4.74 Å². The number of Topliss-reactive ketones (excluding diaryl/α,β-unsaturated/α-hetero) is 2. The molecule has 30 heavy (non-hydrogen) atoms. The highest BCUT2D eigenvalue weighted by atomic mass is 79.9. The monoisotopic (exact) mass is 470 g/mol. The predicted molar refractivity (Wildman–Crippen MR) is 115 cm³/mol. The third-order valence-corrected chi connectivity index (χ3v) is 7.87. The van der Waals surface area contributed by atoms with Gasteiger partial charge in [-0.25, -0.2) is 4.39 Å². The fraction of sp³-hybridized carbons (Fsp3) is 0.440. The maximum absolute atomic E-state index is 14.2. The van der Waals surface area contributed by atoms with Gasteiger partial charge in [0, 0.05) is 16.3 Å². The van der Waals surface area contributed by atoms with Crippen LogP contribution in [0.1, 0.15) is 49.7 Å². The van der Waals surface area contributed by atoms with E-state index >= 15 is 0 Å². The van der Waals surface area contributed by atoms with Gasteiger partial charge in [-0.3, -0.25) is 9.59 Å². The molecule has 4 saturated carbocycles. The molecule has 2 aromatic rings. The lowest BCUT2D eigenvalue weighted by atomic mass is 9.59. The Morgan fingerprint density at radius 2 is 1.60 bits per heavy atom. The number of ether oxygens (including phenoxy) is 1. The number of fused-ring (bicyclic) bond motifs is 2. The highest BCUT2D eigenvalue weighted by Crippen LogP contribution is 2.56. The van der Waals surface area contributed by atoms with Crippen molar-refractivity contribution in [1.29, 1.82) is 0 Å². The molecule has 4 aliphatic carbocycles. The number of benzene rings is 2. The molecule has 0 saturated heterocycles. The summed E-state index contributed by atoms with van der Waals surface area (Å²) in [4.78, 5) is 26.9. The van der Waals surface area contributed by atoms with Crippen molar-refractivity contribution in [2.75, 3.05) is 0 Å². The van der Waals surface area contributed by atoms with E-state index in [1.165, 1.54) is 6.07 Å². The largest absolute Gasteiger partial charge is 0.454 e. The van der Waals surface area contributed by atoms with Gasteiger partial charge in [0.1, 0.15) is 11.7 Å². The van der Waals surface area contributed by atoms with Crippen LogP contribution in [0.15, 0.2) is 40.9 Å². The summed E-state index contributed by atoms with van der Waals surface area (Å²) < 4.78 is 20.7. The molecular formula is C25H24BrFO3. The summed E-state index contributed by atoms with van der Waals surface area (Å²) in [6.45, 7) is 2.02. The lowest BCUT2D eigenvalue weighted by molar-refractivity contribution is -0.129. The highest BCUT2D eigenvalue weighted by Gasteiger charge is 2.59. The van der Waals surface area contributed by atoms with E-state index in [0.29, 0.717) is 22.1 Å². The van der Waals surface area contributed by atoms with Crippen LogP contribution in [-0.2, 0) is 16.0 Å². The predicted octanol–water partition coefficient (Wildman–Crippen LogP) is 6.23. The molecule has 0 N–H and O–H groups in total. The molecule has 0 amide bonds. The van der Waals surface area contributed by atoms with Gasteiger partial charge in [-0.15, -0.1) is 0 Å². The van der Waals surface area contributed by atoms with Crippen LogP contribution in [0.5, 0.6) is 11.5 Å². The molecule has 5 heteroatoms. The van der Waals surface area contributed by atoms with E-state index in [1.54, 1.807) is 24.3 Å². The first-order valence-corrected chi connectivity index (χ1v) is 11.6. The maximum atomic E-state index is 14.2. The zero-order chi connectivity index (χ0) is 21.0. The number of ketones is 2. The van der Waals surface area contributed by atoms with E-state index < -0.39 is 11.7 Å². The Kier molecular flexibility index (Phi) is 5.04. The third kappa shape index (κ3) is 3.13. The van der Waals surface area contributed by atoms with Crippen LogP contribution in [0.3, 0.4) is 0 Å². The van der Waals surface area contributed by atoms with Gasteiger partial charge < -0.3 is 4.74 Å². The van der Waals surface area contributed by atoms with Gasteiger partial charge in [-0.1, -0.05) is 28.9 Å². The number of aryl methyl sites for hydroxylation is 1. The number of rotatable bonds is 4. The van der Waals surface area contributed by atoms with Crippen molar-refractivity contribution in [3.05, 3.63) is 57.8 Å². The van der Waals surface area contributed by atoms with Gasteiger partial charge in [0.2, 0.25) is 0 Å². The highest BCUT2D eigenvalue weighted by molar-refractivity contribution is 9.10. The minimum atomic E-state index is -0.700. The summed E-state index contributed by atoms with van der Waals surface area (Å²) in [5.41, 5.74) is 1.73. The fourth-order valence-electron chi connectivity index (χ4n) is 6.01. The maximum Gasteiger partial charge on any atom is 0.166 e. The molecule has 0 aromatic heterocycles. The van der Waals surface area contributed by atoms with Crippen molar-refractivity contribution in [2.24, 2.45) is 23.7 Å². The molecule has 3 nitrogen and oxygen atoms in total. The van der Waals surface area contributed by atoms with Crippen molar-refractivity contribution < 1.29 is 18.7 Å². The standard InChI is InChI=1S/C25H24BrFO3/c1-2-13-7-9-17(30-20-10-8-16(26)11-19(20)27)12-18(13)23-24(28)21-14-3-4-15(6-5-14)22(21)25(23)29/h7-12,14-15,21-23H,2-6H2,1H3. The quantitative estimate of drug-likeness (QED) is 0.497. The van der Waals surface area contributed by atoms with Gasteiger partial charge in [0.05, 0.1) is 0 Å². The van der Waals surface area contributed by atoms with E-state index in [4.69, 9.17) is 4.74 Å². The second-order valence-electron chi connectivity index (χ2n) is 8.86. The minimum Gasteiger partial charge on any atom is -0.454 e. The van der Waals surface area contributed by atoms with E-state index in [1.807, 2.05) is 13.0 Å². The first kappa shape index (κ1) is 19.9. The lowest BCUT2D eigenvalue weighted by Crippen LogP contribution is -2.41. The molecule has 0 spiro atoms. The Balaban J connectivity index is 1.51. The van der Waals surface area contributed by atoms with E-state index in [9.17, 15) is 14.0 Å². The molecule has 4 fully saturated rings. The van der Waals surface area contributed by atoms with Crippen LogP contribution >= 0.6 is 15.9 Å². The van der Waals surface area contributed by atoms with Crippen LogP contribution in [0.4, 0.5) is 4.39 Å². The van der Waals surface area contributed by atoms with Crippen LogP contribution in [0.2, 0.25) is 0 Å². The molecule has 0 heterocycles. The van der Waals surface area contributed by atoms with Crippen LogP contribution in [0.25, 0.3) is 0 Å². The summed E-state index contributed by atoms with van der Waals surface area (Å²) in [6.07, 6.45) is 5.02. The molecular weight excluding hydrogens is 447 g/mol. The zero-order valence-electron chi connectivity index (χ0n) is 16.9. The first-order valence-electron chi connectivity index (χ1n) is 10.8. The van der Waals surface area contributed by atoms with Crippen molar-refractivity contribution in [3.63, 3.8) is 0 Å². The van der Waals surface area contributed by atoms with E-state index in [2.05, 4.69) is 15.9 Å². The first-order chi connectivity index (χ1) is 14.5. The zero-order valence-corrected chi connectivity index (χ0v) is 18.5. The van der Waals surface area contributed by atoms with Gasteiger partial charge >= 0.3 is 0 Å². The Morgan fingerprint density at radius 1 is 0.967 bits per heavy atom. The summed E-state index contributed by atoms with van der Waals surface area (Å²) in [5, 5.41) is 0. The van der Waals surface area contributed by atoms with Crippen molar-refractivity contribution in [3.8, 4) is 11.5 Å². The molecule has 156 valence electrons. The van der Waals surface area contributed by atoms with Gasteiger partial charge in [0.15, 0.2) is 23.1 Å². The number of hydrogen-bond donors (Lipinski definition) is 0. The minimum absolute atomic E-state index is 0.0982. The van der Waals surface area contributed by atoms with E-state index in [0.717, 1.165) is 43.2 Å². The molecule has 2 atom stereocenters. The molecule has 2 unspecified atom stereocenters. The van der Waals surface area contributed by atoms with Crippen molar-refractivity contribution in [1.82, 2.24) is 0 Å². The van der Waals surface area contributed by atoms with Gasteiger partial charge in [0.25, 0.3) is 0 Å². The molecule has 2 aromatic carbocycles. The Hall–Kier alpha value is -2.01. The summed E-state index contributed by atoms with van der Waals surface area (Å²) in [6, 6.07) is 10.1. The number of halogens is 2. The van der Waals surface area contributed by atoms with E-state index in [-0.39, 0.29) is 29.2 Å². The number of carbonyl (C=O) groups excluding carboxylic acids is 2. The summed E-state index contributed by atoms with van der Waals surface area (Å²) >= 11 is 3.24. The molecule has 0 aliphatic heterocycles. The molecule has 0 radical (unpaired) electrons. The Morgan fingerprint density at radius 3 is 2.17 bits per heavy atom. The average Bonchev–Trinajstić information content (AvgIpc) is 3.03. The second kappa shape index (κ2) is 7.60. The SMILES string of the molecule is CCc1ccc(Oc2ccc(Br)cc2F)cc1C1C(=O)C2C3CCC(CC3)C2C1=O. The van der Waals surface area contributed by atoms with Gasteiger partial charge in [-0.2, -0.15) is 0 Å². The smallest absolute Gasteiger partial charge is 0.166 e. The normalized spacial score (nSPS) is 29.9.